The van der Waals surface area contributed by atoms with Crippen LogP contribution in [0.5, 0.6) is 0 Å². The van der Waals surface area contributed by atoms with Crippen molar-refractivity contribution >= 4 is 32.7 Å². The smallest absolute Gasteiger partial charge is 0.269 e. The number of hydrogen-bond donors (Lipinski definition) is 2. The van der Waals surface area contributed by atoms with Crippen molar-refractivity contribution in [1.82, 2.24) is 14.6 Å². The summed E-state index contributed by atoms with van der Waals surface area (Å²) in [7, 11) is -3.93. The average molecular weight is 411 g/mol. The first-order valence-electron chi connectivity index (χ1n) is 9.36. The van der Waals surface area contributed by atoms with Crippen LogP contribution in [0.4, 0.5) is 0 Å². The molecule has 2 heterocycles. The summed E-state index contributed by atoms with van der Waals surface area (Å²) in [6.07, 6.45) is 2.56. The molecule has 0 unspecified atom stereocenters. The minimum atomic E-state index is -3.93. The minimum absolute atomic E-state index is 0.106. The number of nitrogens with one attached hydrogen (secondary N) is 2. The van der Waals surface area contributed by atoms with E-state index < -0.39 is 22.0 Å². The fourth-order valence-electron chi connectivity index (χ4n) is 3.65. The molecule has 1 aliphatic heterocycles. The van der Waals surface area contributed by atoms with Crippen LogP contribution in [0, 0.1) is 0 Å². The van der Waals surface area contributed by atoms with Gasteiger partial charge in [0.1, 0.15) is 4.90 Å². The fraction of sp³-hybridized carbons (Fsp3) is 0.238. The summed E-state index contributed by atoms with van der Waals surface area (Å²) < 4.78 is 26.2. The van der Waals surface area contributed by atoms with Crippen LogP contribution in [0.3, 0.4) is 0 Å². The molecule has 0 saturated heterocycles. The van der Waals surface area contributed by atoms with Crippen molar-refractivity contribution in [3.05, 3.63) is 65.4 Å². The number of aromatic nitrogens is 1. The molecule has 0 radical (unpaired) electrons. The van der Waals surface area contributed by atoms with Crippen LogP contribution in [-0.4, -0.2) is 42.1 Å². The first kappa shape index (κ1) is 19.2. The summed E-state index contributed by atoms with van der Waals surface area (Å²) in [5, 5.41) is 3.93. The van der Waals surface area contributed by atoms with Gasteiger partial charge < -0.3 is 10.3 Å². The number of sulfonamides is 1. The third-order valence-electron chi connectivity index (χ3n) is 5.04. The Balaban J connectivity index is 1.50. The maximum Gasteiger partial charge on any atom is 0.269 e. The zero-order chi connectivity index (χ0) is 20.8. The molecule has 0 saturated carbocycles. The number of fused-ring (bicyclic) bond motifs is 2. The van der Waals surface area contributed by atoms with Crippen LogP contribution < -0.4 is 5.32 Å². The summed E-state index contributed by atoms with van der Waals surface area (Å²) in [5.41, 5.74) is 2.45. The molecule has 0 fully saturated rings. The molecular weight excluding hydrogens is 390 g/mol. The second-order valence-electron chi connectivity index (χ2n) is 7.28. The number of rotatable bonds is 5. The Kier molecular flexibility index (Phi) is 4.66. The second-order valence-corrected chi connectivity index (χ2v) is 9.06. The van der Waals surface area contributed by atoms with Crippen LogP contribution in [0.25, 0.3) is 10.9 Å². The molecule has 1 aromatic heterocycles. The van der Waals surface area contributed by atoms with Crippen LogP contribution in [0.15, 0.2) is 53.6 Å². The van der Waals surface area contributed by atoms with Crippen molar-refractivity contribution in [3.63, 3.8) is 0 Å². The van der Waals surface area contributed by atoms with E-state index in [9.17, 15) is 18.0 Å². The van der Waals surface area contributed by atoms with Crippen LogP contribution in [-0.2, 0) is 16.4 Å². The number of hydrogen-bond acceptors (Lipinski definition) is 4. The molecule has 0 atom stereocenters. The third kappa shape index (κ3) is 3.19. The highest BCUT2D eigenvalue weighted by Gasteiger charge is 2.42. The number of carbonyl (C=O) groups excluding carboxylic acids is 2. The van der Waals surface area contributed by atoms with Gasteiger partial charge >= 0.3 is 0 Å². The van der Waals surface area contributed by atoms with Crippen molar-refractivity contribution < 1.29 is 18.0 Å². The number of amides is 2. The average Bonchev–Trinajstić information content (AvgIpc) is 3.18. The molecule has 2 aromatic carbocycles. The van der Waals surface area contributed by atoms with Gasteiger partial charge in [-0.1, -0.05) is 18.2 Å². The quantitative estimate of drug-likeness (QED) is 0.674. The summed E-state index contributed by atoms with van der Waals surface area (Å²) in [6.45, 7) is 3.68. The Hall–Kier alpha value is -3.13. The fourth-order valence-corrected chi connectivity index (χ4v) is 5.44. The number of H-pyrrole nitrogens is 1. The van der Waals surface area contributed by atoms with Crippen LogP contribution in [0.1, 0.15) is 40.1 Å². The van der Waals surface area contributed by atoms with Gasteiger partial charge in [-0.25, -0.2) is 12.7 Å². The molecule has 1 aliphatic rings. The van der Waals surface area contributed by atoms with Crippen molar-refractivity contribution in [2.45, 2.75) is 31.2 Å². The normalized spacial score (nSPS) is 15.1. The monoisotopic (exact) mass is 411 g/mol. The molecular formula is C21H21N3O4S. The molecule has 2 amide bonds. The van der Waals surface area contributed by atoms with E-state index in [1.165, 1.54) is 18.2 Å². The maximum atomic E-state index is 12.7. The SMILES string of the molecule is CC(C)N1C(=O)c2ccc(C(=O)NCCc3c[nH]c4ccccc34)cc2S1(=O)=O. The second kappa shape index (κ2) is 7.04. The number of para-hydroxylation sites is 1. The van der Waals surface area contributed by atoms with E-state index >= 15 is 0 Å². The van der Waals surface area contributed by atoms with Gasteiger partial charge in [-0.3, -0.25) is 9.59 Å². The Morgan fingerprint density at radius 1 is 1.17 bits per heavy atom. The maximum absolute atomic E-state index is 12.7. The molecule has 150 valence electrons. The topological polar surface area (TPSA) is 99.3 Å². The van der Waals surface area contributed by atoms with E-state index in [-0.39, 0.29) is 21.9 Å². The molecule has 8 heteroatoms. The zero-order valence-corrected chi connectivity index (χ0v) is 16.9. The highest BCUT2D eigenvalue weighted by Crippen LogP contribution is 2.32. The first-order valence-corrected chi connectivity index (χ1v) is 10.8. The summed E-state index contributed by atoms with van der Waals surface area (Å²) >= 11 is 0. The van der Waals surface area contributed by atoms with E-state index in [0.717, 1.165) is 20.8 Å². The van der Waals surface area contributed by atoms with Gasteiger partial charge in [-0.05, 0) is 50.1 Å². The lowest BCUT2D eigenvalue weighted by Crippen LogP contribution is -2.36. The molecule has 0 bridgehead atoms. The molecule has 7 nitrogen and oxygen atoms in total. The predicted octanol–water partition coefficient (Wildman–Crippen LogP) is 2.69. The Morgan fingerprint density at radius 2 is 1.93 bits per heavy atom. The third-order valence-corrected chi connectivity index (χ3v) is 7.03. The molecule has 3 aromatic rings. The van der Waals surface area contributed by atoms with E-state index in [1.54, 1.807) is 13.8 Å². The van der Waals surface area contributed by atoms with Crippen molar-refractivity contribution in [3.8, 4) is 0 Å². The van der Waals surface area contributed by atoms with Gasteiger partial charge in [-0.2, -0.15) is 0 Å². The van der Waals surface area contributed by atoms with Crippen molar-refractivity contribution in [2.75, 3.05) is 6.54 Å². The zero-order valence-electron chi connectivity index (χ0n) is 16.1. The van der Waals surface area contributed by atoms with Gasteiger partial charge in [0.2, 0.25) is 0 Å². The highest BCUT2D eigenvalue weighted by molar-refractivity contribution is 7.90. The van der Waals surface area contributed by atoms with Gasteiger partial charge in [0, 0.05) is 35.2 Å². The lowest BCUT2D eigenvalue weighted by Gasteiger charge is -2.18. The van der Waals surface area contributed by atoms with E-state index in [2.05, 4.69) is 10.3 Å². The first-order chi connectivity index (χ1) is 13.8. The number of benzene rings is 2. The molecule has 29 heavy (non-hydrogen) atoms. The lowest BCUT2D eigenvalue weighted by molar-refractivity contribution is 0.0845. The lowest BCUT2D eigenvalue weighted by atomic mass is 10.1. The van der Waals surface area contributed by atoms with E-state index in [0.29, 0.717) is 13.0 Å². The van der Waals surface area contributed by atoms with Crippen molar-refractivity contribution in [1.29, 1.82) is 0 Å². The van der Waals surface area contributed by atoms with Gasteiger partial charge in [0.05, 0.1) is 5.56 Å². The standard InChI is InChI=1S/C21H21N3O4S/c1-13(2)24-21(26)17-8-7-14(11-19(17)29(24,27)28)20(25)22-10-9-15-12-23-18-6-4-3-5-16(15)18/h3-8,11-13,23H,9-10H2,1-2H3,(H,22,25). The molecule has 2 N–H and O–H groups in total. The number of aromatic amines is 1. The van der Waals surface area contributed by atoms with Gasteiger partial charge in [0.25, 0.3) is 21.8 Å². The Labute approximate surface area is 168 Å². The van der Waals surface area contributed by atoms with E-state index in [1.807, 2.05) is 30.5 Å². The molecule has 4 rings (SSSR count). The Morgan fingerprint density at radius 3 is 2.69 bits per heavy atom. The van der Waals surface area contributed by atoms with E-state index in [4.69, 9.17) is 0 Å². The molecule has 0 spiro atoms. The van der Waals surface area contributed by atoms with Crippen LogP contribution >= 0.6 is 0 Å². The summed E-state index contributed by atoms with van der Waals surface area (Å²) in [6, 6.07) is 11.6. The Bertz CT molecular complexity index is 1230. The van der Waals surface area contributed by atoms with Gasteiger partial charge in [0.15, 0.2) is 0 Å². The molecule has 0 aliphatic carbocycles. The minimum Gasteiger partial charge on any atom is -0.361 e. The summed E-state index contributed by atoms with van der Waals surface area (Å²) in [4.78, 5) is 28.0. The van der Waals surface area contributed by atoms with Crippen LogP contribution in [0.2, 0.25) is 0 Å². The number of nitrogens with zero attached hydrogens (tertiary/aromatic N) is 1. The van der Waals surface area contributed by atoms with Crippen molar-refractivity contribution in [2.24, 2.45) is 0 Å². The van der Waals surface area contributed by atoms with Gasteiger partial charge in [-0.15, -0.1) is 0 Å². The predicted molar refractivity (Wildman–Crippen MR) is 109 cm³/mol. The summed E-state index contributed by atoms with van der Waals surface area (Å²) in [5.74, 6) is -0.931. The number of carbonyl (C=O) groups is 2. The highest BCUT2D eigenvalue weighted by atomic mass is 32.2. The largest absolute Gasteiger partial charge is 0.361 e.